The van der Waals surface area contributed by atoms with Crippen LogP contribution in [0.3, 0.4) is 0 Å². The Balaban J connectivity index is 0.00000182. The minimum atomic E-state index is 0. The zero-order valence-electron chi connectivity index (χ0n) is 14.1. The highest BCUT2D eigenvalue weighted by Gasteiger charge is 2.13. The lowest BCUT2D eigenvalue weighted by atomic mass is 9.98. The molecule has 1 aliphatic heterocycles. The van der Waals surface area contributed by atoms with Gasteiger partial charge in [0.05, 0.1) is 13.2 Å². The maximum absolute atomic E-state index is 12.6. The number of carbonyl (C=O) groups excluding carboxylic acids is 1. The summed E-state index contributed by atoms with van der Waals surface area (Å²) in [5.74, 6) is 0.219. The number of rotatable bonds is 4. The SMILES string of the molecule is Cl.O=C(CCN1CCOCC1)c1ccc2ccc3ccccc3c2c1. The molecule has 0 amide bonds. The first kappa shape index (κ1) is 17.9. The molecule has 3 aromatic rings. The van der Waals surface area contributed by atoms with Crippen molar-refractivity contribution in [1.29, 1.82) is 0 Å². The summed E-state index contributed by atoms with van der Waals surface area (Å²) in [6.45, 7) is 4.22. The average molecular weight is 356 g/mol. The van der Waals surface area contributed by atoms with Crippen LogP contribution in [0.1, 0.15) is 16.8 Å². The van der Waals surface area contributed by atoms with Crippen molar-refractivity contribution in [3.05, 3.63) is 60.2 Å². The number of Topliss-reactive ketones (excluding diaryl/α,β-unsaturated/α-hetero) is 1. The maximum atomic E-state index is 12.6. The van der Waals surface area contributed by atoms with Gasteiger partial charge in [0, 0.05) is 31.6 Å². The highest BCUT2D eigenvalue weighted by molar-refractivity contribution is 6.10. The molecule has 1 fully saturated rings. The molecule has 0 radical (unpaired) electrons. The number of hydrogen-bond donors (Lipinski definition) is 0. The van der Waals surface area contributed by atoms with E-state index in [0.29, 0.717) is 6.42 Å². The Bertz CT molecular complexity index is 887. The Hall–Kier alpha value is -1.94. The molecule has 1 aliphatic rings. The Morgan fingerprint density at radius 1 is 0.920 bits per heavy atom. The third-order valence-electron chi connectivity index (χ3n) is 4.83. The first-order valence-electron chi connectivity index (χ1n) is 8.56. The van der Waals surface area contributed by atoms with Crippen molar-refractivity contribution in [1.82, 2.24) is 4.90 Å². The van der Waals surface area contributed by atoms with E-state index in [-0.39, 0.29) is 18.2 Å². The van der Waals surface area contributed by atoms with Crippen molar-refractivity contribution in [3.8, 4) is 0 Å². The largest absolute Gasteiger partial charge is 0.379 e. The van der Waals surface area contributed by atoms with Gasteiger partial charge in [-0.05, 0) is 27.6 Å². The molecule has 3 aromatic carbocycles. The van der Waals surface area contributed by atoms with Crippen LogP contribution in [0.5, 0.6) is 0 Å². The second-order valence-electron chi connectivity index (χ2n) is 6.35. The van der Waals surface area contributed by atoms with Gasteiger partial charge in [-0.3, -0.25) is 9.69 Å². The topological polar surface area (TPSA) is 29.5 Å². The van der Waals surface area contributed by atoms with Crippen LogP contribution < -0.4 is 0 Å². The summed E-state index contributed by atoms with van der Waals surface area (Å²) in [6, 6.07) is 18.7. The fourth-order valence-electron chi connectivity index (χ4n) is 3.40. The van der Waals surface area contributed by atoms with Gasteiger partial charge in [0.2, 0.25) is 0 Å². The molecule has 0 N–H and O–H groups in total. The van der Waals surface area contributed by atoms with Crippen LogP contribution in [0.4, 0.5) is 0 Å². The molecule has 1 saturated heterocycles. The highest BCUT2D eigenvalue weighted by atomic mass is 35.5. The van der Waals surface area contributed by atoms with Gasteiger partial charge in [0.1, 0.15) is 0 Å². The molecule has 4 heteroatoms. The van der Waals surface area contributed by atoms with E-state index in [1.807, 2.05) is 12.1 Å². The number of fused-ring (bicyclic) bond motifs is 3. The lowest BCUT2D eigenvalue weighted by molar-refractivity contribution is 0.0370. The van der Waals surface area contributed by atoms with E-state index in [2.05, 4.69) is 47.4 Å². The molecular weight excluding hydrogens is 334 g/mol. The predicted molar refractivity (Wildman–Crippen MR) is 105 cm³/mol. The van der Waals surface area contributed by atoms with E-state index in [1.165, 1.54) is 16.2 Å². The second-order valence-corrected chi connectivity index (χ2v) is 6.35. The van der Waals surface area contributed by atoms with Crippen molar-refractivity contribution in [2.75, 3.05) is 32.8 Å². The number of halogens is 1. The van der Waals surface area contributed by atoms with Crippen molar-refractivity contribution >= 4 is 39.7 Å². The summed E-state index contributed by atoms with van der Waals surface area (Å²) in [5, 5.41) is 4.75. The zero-order chi connectivity index (χ0) is 16.4. The number of carbonyl (C=O) groups is 1. The fourth-order valence-corrected chi connectivity index (χ4v) is 3.40. The fraction of sp³-hybridized carbons (Fsp3) is 0.286. The lowest BCUT2D eigenvalue weighted by Gasteiger charge is -2.26. The number of benzene rings is 3. The van der Waals surface area contributed by atoms with E-state index < -0.39 is 0 Å². The third-order valence-corrected chi connectivity index (χ3v) is 4.83. The van der Waals surface area contributed by atoms with Gasteiger partial charge in [-0.1, -0.05) is 48.5 Å². The van der Waals surface area contributed by atoms with Crippen molar-refractivity contribution in [2.24, 2.45) is 0 Å². The van der Waals surface area contributed by atoms with Crippen LogP contribution >= 0.6 is 12.4 Å². The summed E-state index contributed by atoms with van der Waals surface area (Å²) in [4.78, 5) is 14.9. The highest BCUT2D eigenvalue weighted by Crippen LogP contribution is 2.26. The van der Waals surface area contributed by atoms with Gasteiger partial charge < -0.3 is 4.74 Å². The number of ether oxygens (including phenoxy) is 1. The van der Waals surface area contributed by atoms with Gasteiger partial charge >= 0.3 is 0 Å². The molecule has 0 aliphatic carbocycles. The molecule has 1 heterocycles. The van der Waals surface area contributed by atoms with Crippen molar-refractivity contribution in [2.45, 2.75) is 6.42 Å². The average Bonchev–Trinajstić information content (AvgIpc) is 2.66. The van der Waals surface area contributed by atoms with E-state index in [1.54, 1.807) is 0 Å². The monoisotopic (exact) mass is 355 g/mol. The van der Waals surface area contributed by atoms with Crippen LogP contribution in [-0.2, 0) is 4.74 Å². The second kappa shape index (κ2) is 7.96. The zero-order valence-corrected chi connectivity index (χ0v) is 14.9. The van der Waals surface area contributed by atoms with E-state index >= 15 is 0 Å². The van der Waals surface area contributed by atoms with Gasteiger partial charge in [-0.25, -0.2) is 0 Å². The summed E-state index contributed by atoms with van der Waals surface area (Å²) < 4.78 is 5.35. The van der Waals surface area contributed by atoms with Gasteiger partial charge in [0.25, 0.3) is 0 Å². The summed E-state index contributed by atoms with van der Waals surface area (Å²) in [7, 11) is 0. The molecule has 0 aromatic heterocycles. The molecule has 3 nitrogen and oxygen atoms in total. The summed E-state index contributed by atoms with van der Waals surface area (Å²) in [5.41, 5.74) is 0.812. The van der Waals surface area contributed by atoms with Crippen LogP contribution in [0.2, 0.25) is 0 Å². The van der Waals surface area contributed by atoms with Crippen LogP contribution in [0, 0.1) is 0 Å². The predicted octanol–water partition coefficient (Wildman–Crippen LogP) is 4.32. The minimum Gasteiger partial charge on any atom is -0.379 e. The van der Waals surface area contributed by atoms with E-state index in [9.17, 15) is 4.79 Å². The normalized spacial score (nSPS) is 15.2. The van der Waals surface area contributed by atoms with E-state index in [4.69, 9.17) is 4.74 Å². The van der Waals surface area contributed by atoms with Crippen molar-refractivity contribution in [3.63, 3.8) is 0 Å². The number of morpholine rings is 1. The summed E-state index contributed by atoms with van der Waals surface area (Å²) >= 11 is 0. The smallest absolute Gasteiger partial charge is 0.164 e. The Morgan fingerprint density at radius 3 is 2.40 bits per heavy atom. The molecule has 0 saturated carbocycles. The first-order chi connectivity index (χ1) is 11.8. The number of hydrogen-bond acceptors (Lipinski definition) is 3. The first-order valence-corrected chi connectivity index (χ1v) is 8.56. The minimum absolute atomic E-state index is 0. The third kappa shape index (κ3) is 3.84. The molecule has 0 spiro atoms. The van der Waals surface area contributed by atoms with Crippen LogP contribution in [0.25, 0.3) is 21.5 Å². The molecule has 25 heavy (non-hydrogen) atoms. The van der Waals surface area contributed by atoms with Crippen molar-refractivity contribution < 1.29 is 9.53 Å². The molecule has 4 rings (SSSR count). The molecular formula is C21H22ClNO2. The Morgan fingerprint density at radius 2 is 1.60 bits per heavy atom. The van der Waals surface area contributed by atoms with Gasteiger partial charge in [-0.15, -0.1) is 12.4 Å². The summed E-state index contributed by atoms with van der Waals surface area (Å²) in [6.07, 6.45) is 0.566. The van der Waals surface area contributed by atoms with E-state index in [0.717, 1.165) is 43.8 Å². The Kier molecular flexibility index (Phi) is 5.69. The molecule has 130 valence electrons. The van der Waals surface area contributed by atoms with Gasteiger partial charge in [0.15, 0.2) is 5.78 Å². The maximum Gasteiger partial charge on any atom is 0.164 e. The van der Waals surface area contributed by atoms with Gasteiger partial charge in [-0.2, -0.15) is 0 Å². The van der Waals surface area contributed by atoms with Crippen LogP contribution in [-0.4, -0.2) is 43.5 Å². The van der Waals surface area contributed by atoms with Crippen LogP contribution in [0.15, 0.2) is 54.6 Å². The number of nitrogens with zero attached hydrogens (tertiary/aromatic N) is 1. The standard InChI is InChI=1S/C21H21NO2.ClH/c23-21(9-10-22-11-13-24-14-12-22)18-8-7-17-6-5-16-3-1-2-4-19(16)20(17)15-18;/h1-8,15H,9-14H2;1H. The quantitative estimate of drug-likeness (QED) is 0.515. The molecule has 0 atom stereocenters. The molecule has 0 unspecified atom stereocenters. The Labute approximate surface area is 154 Å². The number of ketones is 1. The lowest BCUT2D eigenvalue weighted by Crippen LogP contribution is -2.37. The molecule has 0 bridgehead atoms.